The zero-order valence-corrected chi connectivity index (χ0v) is 19.3. The summed E-state index contributed by atoms with van der Waals surface area (Å²) in [7, 11) is 0. The maximum atomic E-state index is 13.6. The summed E-state index contributed by atoms with van der Waals surface area (Å²) in [5, 5.41) is 4.32. The van der Waals surface area contributed by atoms with E-state index in [1.807, 2.05) is 56.3 Å². The van der Waals surface area contributed by atoms with Crippen LogP contribution in [0.1, 0.15) is 44.9 Å². The number of rotatable bonds is 3. The molecule has 158 valence electrons. The molecule has 0 radical (unpaired) electrons. The van der Waals surface area contributed by atoms with E-state index in [2.05, 4.69) is 17.4 Å². The van der Waals surface area contributed by atoms with Crippen LogP contribution < -0.4 is 5.32 Å². The molecular formula is C26H25ClN2OS. The van der Waals surface area contributed by atoms with Crippen LogP contribution in [0.25, 0.3) is 21.3 Å². The van der Waals surface area contributed by atoms with Crippen molar-refractivity contribution in [2.45, 2.75) is 39.5 Å². The van der Waals surface area contributed by atoms with Gasteiger partial charge in [0.15, 0.2) is 0 Å². The highest BCUT2D eigenvalue weighted by Gasteiger charge is 2.26. The smallest absolute Gasteiger partial charge is 0.258 e. The largest absolute Gasteiger partial charge is 0.322 e. The number of benzene rings is 2. The molecule has 0 saturated carbocycles. The van der Waals surface area contributed by atoms with Crippen LogP contribution in [0.5, 0.6) is 0 Å². The average molecular weight is 449 g/mol. The highest BCUT2D eigenvalue weighted by molar-refractivity contribution is 7.19. The third-order valence-corrected chi connectivity index (χ3v) is 7.15. The molecule has 4 aromatic rings. The molecule has 0 unspecified atom stereocenters. The molecule has 3 nitrogen and oxygen atoms in total. The summed E-state index contributed by atoms with van der Waals surface area (Å²) in [5.74, 6) is -0.0918. The molecule has 0 aliphatic heterocycles. The lowest BCUT2D eigenvalue weighted by atomic mass is 9.89. The second kappa shape index (κ2) is 8.81. The molecule has 0 atom stereocenters. The number of aromatic nitrogens is 1. The van der Waals surface area contributed by atoms with Crippen molar-refractivity contribution in [3.63, 3.8) is 0 Å². The average Bonchev–Trinajstić information content (AvgIpc) is 3.12. The lowest BCUT2D eigenvalue weighted by Crippen LogP contribution is -2.16. The Kier molecular flexibility index (Phi) is 6.12. The van der Waals surface area contributed by atoms with Crippen LogP contribution in [0.3, 0.4) is 0 Å². The molecule has 2 heterocycles. The van der Waals surface area contributed by atoms with E-state index in [9.17, 15) is 4.79 Å². The van der Waals surface area contributed by atoms with Crippen molar-refractivity contribution in [2.75, 3.05) is 5.32 Å². The number of carbonyl (C=O) groups is 1. The maximum Gasteiger partial charge on any atom is 0.258 e. The van der Waals surface area contributed by atoms with E-state index < -0.39 is 0 Å². The number of fused-ring (bicyclic) bond motifs is 3. The van der Waals surface area contributed by atoms with Crippen LogP contribution in [-0.4, -0.2) is 10.9 Å². The van der Waals surface area contributed by atoms with Crippen LogP contribution in [0.4, 0.5) is 5.69 Å². The van der Waals surface area contributed by atoms with Gasteiger partial charge < -0.3 is 5.32 Å². The summed E-state index contributed by atoms with van der Waals surface area (Å²) in [6.45, 7) is 3.97. The molecule has 2 aromatic carbocycles. The van der Waals surface area contributed by atoms with E-state index in [1.54, 1.807) is 11.3 Å². The first kappa shape index (κ1) is 21.5. The number of thiophene rings is 1. The van der Waals surface area contributed by atoms with E-state index in [0.29, 0.717) is 5.56 Å². The third kappa shape index (κ3) is 3.86. The Balaban J connectivity index is 0.00000231. The summed E-state index contributed by atoms with van der Waals surface area (Å²) in [4.78, 5) is 21.0. The normalized spacial score (nSPS) is 12.8. The molecule has 0 bridgehead atoms. The van der Waals surface area contributed by atoms with Gasteiger partial charge in [0.1, 0.15) is 4.83 Å². The van der Waals surface area contributed by atoms with Gasteiger partial charge in [-0.1, -0.05) is 48.5 Å². The van der Waals surface area contributed by atoms with Crippen molar-refractivity contribution < 1.29 is 4.79 Å². The Hall–Kier alpha value is -2.69. The molecular weight excluding hydrogens is 424 g/mol. The lowest BCUT2D eigenvalue weighted by molar-refractivity contribution is 0.102. The minimum Gasteiger partial charge on any atom is -0.322 e. The quantitative estimate of drug-likeness (QED) is 0.362. The van der Waals surface area contributed by atoms with Crippen molar-refractivity contribution in [3.05, 3.63) is 81.9 Å². The fraction of sp³-hybridized carbons (Fsp3) is 0.231. The standard InChI is InChI=1S/C26H24N2OS.ClH/c1-16-10-6-8-14-20(16)28-25(29)22-17(2)27-26-24(19-13-7-9-15-21(19)30-26)23(22)18-11-4-3-5-12-18;/h3-6,8,10-12,14H,7,9,13,15H2,1-2H3,(H,28,29);1H. The zero-order chi connectivity index (χ0) is 20.7. The molecule has 1 N–H and O–H groups in total. The number of anilines is 1. The predicted molar refractivity (Wildman–Crippen MR) is 133 cm³/mol. The van der Waals surface area contributed by atoms with Crippen molar-refractivity contribution in [2.24, 2.45) is 0 Å². The molecule has 0 saturated heterocycles. The predicted octanol–water partition coefficient (Wildman–Crippen LogP) is 7.13. The Bertz CT molecular complexity index is 1260. The van der Waals surface area contributed by atoms with Crippen LogP contribution in [-0.2, 0) is 12.8 Å². The second-order valence-corrected chi connectivity index (χ2v) is 9.06. The molecule has 0 fully saturated rings. The molecule has 0 spiro atoms. The summed E-state index contributed by atoms with van der Waals surface area (Å²) >= 11 is 1.81. The molecule has 1 aliphatic carbocycles. The molecule has 1 amide bonds. The number of carbonyl (C=O) groups excluding carboxylic acids is 1. The molecule has 1 aliphatic rings. The molecule has 5 heteroatoms. The minimum absolute atomic E-state index is 0. The van der Waals surface area contributed by atoms with Gasteiger partial charge in [0, 0.05) is 21.5 Å². The molecule has 5 rings (SSSR count). The van der Waals surface area contributed by atoms with Crippen molar-refractivity contribution in [1.82, 2.24) is 4.98 Å². The number of aryl methyl sites for hydroxylation is 4. The van der Waals surface area contributed by atoms with Gasteiger partial charge in [-0.05, 0) is 62.3 Å². The van der Waals surface area contributed by atoms with E-state index in [1.165, 1.54) is 28.7 Å². The van der Waals surface area contributed by atoms with Crippen LogP contribution in [0.15, 0.2) is 54.6 Å². The SMILES string of the molecule is Cc1ccccc1NC(=O)c1c(C)nc2sc3c(c2c1-c1ccccc1)CCCC3.Cl. The summed E-state index contributed by atoms with van der Waals surface area (Å²) in [6.07, 6.45) is 4.62. The van der Waals surface area contributed by atoms with E-state index in [0.717, 1.165) is 45.7 Å². The Morgan fingerprint density at radius 2 is 1.68 bits per heavy atom. The first-order valence-electron chi connectivity index (χ1n) is 10.5. The van der Waals surface area contributed by atoms with Crippen molar-refractivity contribution in [3.8, 4) is 11.1 Å². The van der Waals surface area contributed by atoms with Crippen LogP contribution in [0, 0.1) is 13.8 Å². The van der Waals surface area contributed by atoms with Gasteiger partial charge in [-0.3, -0.25) is 4.79 Å². The van der Waals surface area contributed by atoms with Gasteiger partial charge in [-0.2, -0.15) is 0 Å². The number of nitrogens with zero attached hydrogens (tertiary/aromatic N) is 1. The van der Waals surface area contributed by atoms with Crippen LogP contribution in [0.2, 0.25) is 0 Å². The van der Waals surface area contributed by atoms with Gasteiger partial charge in [-0.15, -0.1) is 23.7 Å². The number of amides is 1. The summed E-state index contributed by atoms with van der Waals surface area (Å²) in [5.41, 5.74) is 6.87. The van der Waals surface area contributed by atoms with E-state index in [-0.39, 0.29) is 18.3 Å². The van der Waals surface area contributed by atoms with Gasteiger partial charge >= 0.3 is 0 Å². The van der Waals surface area contributed by atoms with Gasteiger partial charge in [0.05, 0.1) is 11.3 Å². The van der Waals surface area contributed by atoms with Gasteiger partial charge in [0.2, 0.25) is 0 Å². The van der Waals surface area contributed by atoms with Crippen LogP contribution >= 0.6 is 23.7 Å². The maximum absolute atomic E-state index is 13.6. The van der Waals surface area contributed by atoms with E-state index in [4.69, 9.17) is 4.98 Å². The Morgan fingerprint density at radius 1 is 0.968 bits per heavy atom. The first-order valence-corrected chi connectivity index (χ1v) is 11.3. The van der Waals surface area contributed by atoms with Crippen molar-refractivity contribution >= 4 is 45.6 Å². The third-order valence-electron chi connectivity index (χ3n) is 5.97. The number of hydrogen-bond acceptors (Lipinski definition) is 3. The van der Waals surface area contributed by atoms with E-state index >= 15 is 0 Å². The lowest BCUT2D eigenvalue weighted by Gasteiger charge is -2.17. The minimum atomic E-state index is -0.0918. The number of para-hydroxylation sites is 1. The number of nitrogens with one attached hydrogen (secondary N) is 1. The fourth-order valence-corrected chi connectivity index (χ4v) is 5.79. The highest BCUT2D eigenvalue weighted by atomic mass is 35.5. The zero-order valence-electron chi connectivity index (χ0n) is 17.7. The highest BCUT2D eigenvalue weighted by Crippen LogP contribution is 2.43. The fourth-order valence-electron chi connectivity index (χ4n) is 4.47. The summed E-state index contributed by atoms with van der Waals surface area (Å²) < 4.78 is 0. The summed E-state index contributed by atoms with van der Waals surface area (Å²) in [6, 6.07) is 18.2. The van der Waals surface area contributed by atoms with Gasteiger partial charge in [-0.25, -0.2) is 4.98 Å². The van der Waals surface area contributed by atoms with Crippen molar-refractivity contribution in [1.29, 1.82) is 0 Å². The Morgan fingerprint density at radius 3 is 2.45 bits per heavy atom. The number of halogens is 1. The first-order chi connectivity index (χ1) is 14.6. The number of hydrogen-bond donors (Lipinski definition) is 1. The Labute approximate surface area is 193 Å². The second-order valence-electron chi connectivity index (χ2n) is 7.97. The van der Waals surface area contributed by atoms with Gasteiger partial charge in [0.25, 0.3) is 5.91 Å². The topological polar surface area (TPSA) is 42.0 Å². The molecule has 31 heavy (non-hydrogen) atoms. The molecule has 2 aromatic heterocycles. The monoisotopic (exact) mass is 448 g/mol. The number of pyridine rings is 1.